The lowest BCUT2D eigenvalue weighted by Crippen LogP contribution is -2.16. The molecule has 0 saturated heterocycles. The lowest BCUT2D eigenvalue weighted by Gasteiger charge is -2.03. The summed E-state index contributed by atoms with van der Waals surface area (Å²) in [5, 5.41) is 0.592. The number of carbonyl (C=O) groups excluding carboxylic acids is 1. The van der Waals surface area contributed by atoms with Crippen LogP contribution in [0.5, 0.6) is 0 Å². The van der Waals surface area contributed by atoms with Gasteiger partial charge in [-0.15, -0.1) is 0 Å². The fraction of sp³-hybridized carbons (Fsp3) is 0.143. The van der Waals surface area contributed by atoms with Crippen molar-refractivity contribution < 1.29 is 13.9 Å². The highest BCUT2D eigenvalue weighted by Gasteiger charge is 2.13. The number of hydrogen-bond donors (Lipinski definition) is 0. The summed E-state index contributed by atoms with van der Waals surface area (Å²) in [7, 11) is 0. The van der Waals surface area contributed by atoms with Crippen LogP contribution in [0.25, 0.3) is 11.3 Å². The zero-order chi connectivity index (χ0) is 13.8. The minimum absolute atomic E-state index is 0.112. The Hall–Kier alpha value is -2.07. The van der Waals surface area contributed by atoms with Crippen LogP contribution in [0.4, 0.5) is 0 Å². The maximum Gasteiger partial charge on any atom is 0.345 e. The topological polar surface area (TPSA) is 56.5 Å². The third-order valence-electron chi connectivity index (χ3n) is 2.46. The number of hydrogen-bond acceptors (Lipinski definition) is 4. The van der Waals surface area contributed by atoms with Crippen molar-refractivity contribution in [2.24, 2.45) is 0 Å². The molecule has 0 saturated carbocycles. The summed E-state index contributed by atoms with van der Waals surface area (Å²) in [6.45, 7) is 1.87. The quantitative estimate of drug-likeness (QED) is 0.810. The van der Waals surface area contributed by atoms with E-state index in [0.717, 1.165) is 6.26 Å². The van der Waals surface area contributed by atoms with Crippen molar-refractivity contribution in [1.82, 2.24) is 0 Å². The Labute approximate surface area is 114 Å². The van der Waals surface area contributed by atoms with E-state index >= 15 is 0 Å². The zero-order valence-electron chi connectivity index (χ0n) is 10.2. The van der Waals surface area contributed by atoms with Crippen LogP contribution in [-0.4, -0.2) is 12.6 Å². The highest BCUT2D eigenvalue weighted by atomic mass is 35.5. The van der Waals surface area contributed by atoms with Crippen molar-refractivity contribution in [1.29, 1.82) is 0 Å². The van der Waals surface area contributed by atoms with Crippen LogP contribution >= 0.6 is 11.6 Å². The van der Waals surface area contributed by atoms with Crippen molar-refractivity contribution in [2.75, 3.05) is 6.61 Å². The third-order valence-corrected chi connectivity index (χ3v) is 2.71. The minimum atomic E-state index is -0.682. The predicted octanol–water partition coefficient (Wildman–Crippen LogP) is 3.14. The molecule has 4 nitrogen and oxygen atoms in total. The van der Waals surface area contributed by atoms with Crippen molar-refractivity contribution in [2.45, 2.75) is 6.92 Å². The standard InChI is InChI=1S/C14H11ClO4/c1-2-18-14(17)11-8-19-13(7-12(11)16)9-3-5-10(15)6-4-9/h3-8H,2H2,1H3. The Morgan fingerprint density at radius 1 is 1.32 bits per heavy atom. The first kappa shape index (κ1) is 13.4. The average Bonchev–Trinajstić information content (AvgIpc) is 2.39. The van der Waals surface area contributed by atoms with Gasteiger partial charge in [-0.2, -0.15) is 0 Å². The van der Waals surface area contributed by atoms with E-state index in [2.05, 4.69) is 0 Å². The van der Waals surface area contributed by atoms with Gasteiger partial charge in [-0.1, -0.05) is 11.6 Å². The molecule has 0 radical (unpaired) electrons. The van der Waals surface area contributed by atoms with E-state index in [0.29, 0.717) is 16.3 Å². The van der Waals surface area contributed by atoms with Gasteiger partial charge in [0.25, 0.3) is 0 Å². The van der Waals surface area contributed by atoms with Gasteiger partial charge >= 0.3 is 5.97 Å². The predicted molar refractivity (Wildman–Crippen MR) is 71.4 cm³/mol. The molecule has 1 aromatic heterocycles. The second-order valence-corrected chi connectivity index (χ2v) is 4.19. The molecular formula is C14H11ClO4. The Morgan fingerprint density at radius 2 is 2.00 bits per heavy atom. The van der Waals surface area contributed by atoms with Crippen LogP contribution in [0.3, 0.4) is 0 Å². The summed E-state index contributed by atoms with van der Waals surface area (Å²) in [5.41, 5.74) is 0.158. The normalized spacial score (nSPS) is 10.2. The first-order chi connectivity index (χ1) is 9.11. The van der Waals surface area contributed by atoms with E-state index in [1.54, 1.807) is 31.2 Å². The van der Waals surface area contributed by atoms with Crippen molar-refractivity contribution >= 4 is 17.6 Å². The molecule has 19 heavy (non-hydrogen) atoms. The molecule has 0 aliphatic rings. The van der Waals surface area contributed by atoms with Crippen LogP contribution in [0.1, 0.15) is 17.3 Å². The van der Waals surface area contributed by atoms with Gasteiger partial charge in [0.05, 0.1) is 6.61 Å². The lowest BCUT2D eigenvalue weighted by molar-refractivity contribution is 0.0522. The van der Waals surface area contributed by atoms with Gasteiger partial charge in [-0.05, 0) is 31.2 Å². The zero-order valence-corrected chi connectivity index (χ0v) is 10.9. The van der Waals surface area contributed by atoms with Gasteiger partial charge in [-0.25, -0.2) is 4.79 Å². The molecule has 0 atom stereocenters. The summed E-state index contributed by atoms with van der Waals surface area (Å²) in [6.07, 6.45) is 1.12. The maximum absolute atomic E-state index is 11.8. The summed E-state index contributed by atoms with van der Waals surface area (Å²) in [6, 6.07) is 8.09. The average molecular weight is 279 g/mol. The molecule has 0 bridgehead atoms. The Morgan fingerprint density at radius 3 is 2.58 bits per heavy atom. The van der Waals surface area contributed by atoms with E-state index in [1.807, 2.05) is 0 Å². The molecule has 98 valence electrons. The fourth-order valence-corrected chi connectivity index (χ4v) is 1.66. The number of rotatable bonds is 3. The molecule has 0 fully saturated rings. The largest absolute Gasteiger partial charge is 0.463 e. The molecule has 0 unspecified atom stereocenters. The van der Waals surface area contributed by atoms with Gasteiger partial charge in [-0.3, -0.25) is 4.79 Å². The Bertz CT molecular complexity index is 643. The van der Waals surface area contributed by atoms with E-state index in [-0.39, 0.29) is 12.2 Å². The van der Waals surface area contributed by atoms with Gasteiger partial charge in [0.1, 0.15) is 17.6 Å². The molecule has 0 N–H and O–H groups in total. The first-order valence-electron chi connectivity index (χ1n) is 5.67. The van der Waals surface area contributed by atoms with Crippen molar-refractivity contribution in [3.8, 4) is 11.3 Å². The molecule has 5 heteroatoms. The molecule has 2 aromatic rings. The fourth-order valence-electron chi connectivity index (χ4n) is 1.53. The second kappa shape index (κ2) is 5.71. The molecule has 1 heterocycles. The highest BCUT2D eigenvalue weighted by molar-refractivity contribution is 6.30. The number of carbonyl (C=O) groups is 1. The molecular weight excluding hydrogens is 268 g/mol. The molecule has 0 amide bonds. The van der Waals surface area contributed by atoms with Crippen LogP contribution in [0.2, 0.25) is 5.02 Å². The second-order valence-electron chi connectivity index (χ2n) is 3.75. The SMILES string of the molecule is CCOC(=O)c1coc(-c2ccc(Cl)cc2)cc1=O. The minimum Gasteiger partial charge on any atom is -0.463 e. The van der Waals surface area contributed by atoms with Gasteiger partial charge in [0.2, 0.25) is 0 Å². The van der Waals surface area contributed by atoms with Crippen LogP contribution < -0.4 is 5.43 Å². The summed E-state index contributed by atoms with van der Waals surface area (Å²) in [5.74, 6) is -0.311. The summed E-state index contributed by atoms with van der Waals surface area (Å²) in [4.78, 5) is 23.3. The van der Waals surface area contributed by atoms with E-state index in [4.69, 9.17) is 20.8 Å². The number of halogens is 1. The molecule has 0 aliphatic carbocycles. The van der Waals surface area contributed by atoms with Gasteiger partial charge < -0.3 is 9.15 Å². The molecule has 1 aromatic carbocycles. The lowest BCUT2D eigenvalue weighted by atomic mass is 10.1. The van der Waals surface area contributed by atoms with Gasteiger partial charge in [0, 0.05) is 16.7 Å². The third kappa shape index (κ3) is 3.03. The Balaban J connectivity index is 2.36. The monoisotopic (exact) mass is 278 g/mol. The number of benzene rings is 1. The smallest absolute Gasteiger partial charge is 0.345 e. The number of ether oxygens (including phenoxy) is 1. The van der Waals surface area contributed by atoms with E-state index in [9.17, 15) is 9.59 Å². The van der Waals surface area contributed by atoms with Crippen LogP contribution in [0, 0.1) is 0 Å². The summed E-state index contributed by atoms with van der Waals surface area (Å²) >= 11 is 5.78. The molecule has 0 aliphatic heterocycles. The van der Waals surface area contributed by atoms with E-state index < -0.39 is 11.4 Å². The van der Waals surface area contributed by atoms with Crippen molar-refractivity contribution in [3.05, 3.63) is 57.4 Å². The number of esters is 1. The van der Waals surface area contributed by atoms with Crippen LogP contribution in [-0.2, 0) is 4.74 Å². The maximum atomic E-state index is 11.8. The highest BCUT2D eigenvalue weighted by Crippen LogP contribution is 2.20. The molecule has 0 spiro atoms. The van der Waals surface area contributed by atoms with Crippen LogP contribution in [0.15, 0.2) is 45.8 Å². The molecule has 2 rings (SSSR count). The van der Waals surface area contributed by atoms with Gasteiger partial charge in [0.15, 0.2) is 5.43 Å². The van der Waals surface area contributed by atoms with Crippen molar-refractivity contribution in [3.63, 3.8) is 0 Å². The van der Waals surface area contributed by atoms with E-state index in [1.165, 1.54) is 6.07 Å². The summed E-state index contributed by atoms with van der Waals surface area (Å²) < 4.78 is 10.0. The Kier molecular flexibility index (Phi) is 4.02. The first-order valence-corrected chi connectivity index (χ1v) is 6.05.